The predicted octanol–water partition coefficient (Wildman–Crippen LogP) is 3.47. The van der Waals surface area contributed by atoms with Crippen molar-refractivity contribution in [3.63, 3.8) is 0 Å². The van der Waals surface area contributed by atoms with E-state index >= 15 is 0 Å². The number of aliphatic imine (C=N–C) groups is 1. The molecule has 2 rings (SSSR count). The molecule has 0 saturated carbocycles. The van der Waals surface area contributed by atoms with Gasteiger partial charge in [-0.1, -0.05) is 13.8 Å². The lowest BCUT2D eigenvalue weighted by molar-refractivity contribution is 0.0483. The average Bonchev–Trinajstić information content (AvgIpc) is 2.82. The summed E-state index contributed by atoms with van der Waals surface area (Å²) in [6.45, 7) is 20.4. The standard InChI is InChI=1S/C21H40N6.HI/c1-9-22-20(23-11-19-17(4)25-26(8)18(19)5)24-14-21(6,7)27-12-15(2)10-16(3)13-27;/h15-16H,9-14H2,1-8H3,(H2,22,23,24);1H. The zero-order valence-corrected chi connectivity index (χ0v) is 21.4. The van der Waals surface area contributed by atoms with Gasteiger partial charge in [-0.15, -0.1) is 24.0 Å². The highest BCUT2D eigenvalue weighted by Gasteiger charge is 2.32. The van der Waals surface area contributed by atoms with Crippen LogP contribution >= 0.6 is 24.0 Å². The van der Waals surface area contributed by atoms with Gasteiger partial charge in [0.1, 0.15) is 0 Å². The van der Waals surface area contributed by atoms with Crippen LogP contribution in [0.15, 0.2) is 4.99 Å². The molecule has 2 unspecified atom stereocenters. The maximum absolute atomic E-state index is 4.82. The van der Waals surface area contributed by atoms with Gasteiger partial charge in [-0.05, 0) is 52.9 Å². The van der Waals surface area contributed by atoms with Crippen molar-refractivity contribution >= 4 is 29.9 Å². The summed E-state index contributed by atoms with van der Waals surface area (Å²) in [4.78, 5) is 7.46. The van der Waals surface area contributed by atoms with E-state index in [-0.39, 0.29) is 29.5 Å². The first-order valence-electron chi connectivity index (χ1n) is 10.4. The van der Waals surface area contributed by atoms with Gasteiger partial charge in [-0.25, -0.2) is 4.99 Å². The van der Waals surface area contributed by atoms with Crippen LogP contribution in [-0.2, 0) is 13.6 Å². The first kappa shape index (κ1) is 25.2. The summed E-state index contributed by atoms with van der Waals surface area (Å²) in [7, 11) is 1.99. The van der Waals surface area contributed by atoms with Crippen molar-refractivity contribution in [2.75, 3.05) is 26.2 Å². The van der Waals surface area contributed by atoms with Gasteiger partial charge < -0.3 is 10.6 Å². The van der Waals surface area contributed by atoms with Gasteiger partial charge in [0.15, 0.2) is 5.96 Å². The smallest absolute Gasteiger partial charge is 0.191 e. The highest BCUT2D eigenvalue weighted by molar-refractivity contribution is 14.0. The second-order valence-electron chi connectivity index (χ2n) is 8.99. The molecule has 6 nitrogen and oxygen atoms in total. The summed E-state index contributed by atoms with van der Waals surface area (Å²) in [5, 5.41) is 11.5. The fourth-order valence-corrected chi connectivity index (χ4v) is 4.12. The van der Waals surface area contributed by atoms with Gasteiger partial charge in [0.2, 0.25) is 0 Å². The molecule has 1 saturated heterocycles. The Kier molecular flexibility index (Phi) is 9.73. The third-order valence-electron chi connectivity index (χ3n) is 5.81. The summed E-state index contributed by atoms with van der Waals surface area (Å²) in [6, 6.07) is 0. The molecule has 1 aliphatic heterocycles. The average molecular weight is 505 g/mol. The number of nitrogens with zero attached hydrogens (tertiary/aromatic N) is 4. The molecule has 1 aliphatic rings. The zero-order valence-electron chi connectivity index (χ0n) is 19.1. The van der Waals surface area contributed by atoms with Gasteiger partial charge in [0.05, 0.1) is 12.2 Å². The van der Waals surface area contributed by atoms with Gasteiger partial charge >= 0.3 is 0 Å². The van der Waals surface area contributed by atoms with E-state index in [9.17, 15) is 0 Å². The van der Waals surface area contributed by atoms with Crippen LogP contribution in [0.1, 0.15) is 58.0 Å². The van der Waals surface area contributed by atoms with Crippen molar-refractivity contribution in [3.8, 4) is 0 Å². The van der Waals surface area contributed by atoms with Crippen molar-refractivity contribution in [2.24, 2.45) is 23.9 Å². The number of piperidine rings is 1. The number of hydrogen-bond acceptors (Lipinski definition) is 3. The zero-order chi connectivity index (χ0) is 20.2. The molecule has 7 heteroatoms. The van der Waals surface area contributed by atoms with E-state index in [1.165, 1.54) is 30.8 Å². The second kappa shape index (κ2) is 10.8. The number of nitrogens with one attached hydrogen (secondary N) is 2. The summed E-state index contributed by atoms with van der Waals surface area (Å²) in [6.07, 6.45) is 1.34. The molecule has 0 radical (unpaired) electrons. The third kappa shape index (κ3) is 6.61. The van der Waals surface area contributed by atoms with Gasteiger partial charge in [0.25, 0.3) is 0 Å². The molecular formula is C21H41IN6. The van der Waals surface area contributed by atoms with Crippen LogP contribution in [0, 0.1) is 25.7 Å². The van der Waals surface area contributed by atoms with E-state index in [1.54, 1.807) is 0 Å². The topological polar surface area (TPSA) is 57.5 Å². The Balaban J connectivity index is 0.00000392. The van der Waals surface area contributed by atoms with E-state index in [4.69, 9.17) is 4.99 Å². The lowest BCUT2D eigenvalue weighted by Gasteiger charge is -2.45. The molecule has 0 spiro atoms. The molecule has 0 bridgehead atoms. The van der Waals surface area contributed by atoms with E-state index < -0.39 is 0 Å². The summed E-state index contributed by atoms with van der Waals surface area (Å²) < 4.78 is 1.93. The van der Waals surface area contributed by atoms with Crippen LogP contribution in [0.5, 0.6) is 0 Å². The third-order valence-corrected chi connectivity index (χ3v) is 5.81. The van der Waals surface area contributed by atoms with Crippen LogP contribution in [0.25, 0.3) is 0 Å². The van der Waals surface area contributed by atoms with E-state index in [0.717, 1.165) is 36.6 Å². The molecule has 2 N–H and O–H groups in total. The number of aromatic nitrogens is 2. The molecule has 0 amide bonds. The Hall–Kier alpha value is -0.830. The fraction of sp³-hybridized carbons (Fsp3) is 0.810. The van der Waals surface area contributed by atoms with Crippen molar-refractivity contribution in [3.05, 3.63) is 17.0 Å². The second-order valence-corrected chi connectivity index (χ2v) is 8.99. The Morgan fingerprint density at radius 2 is 1.79 bits per heavy atom. The Bertz CT molecular complexity index is 642. The van der Waals surface area contributed by atoms with Crippen LogP contribution in [-0.4, -0.2) is 52.4 Å². The summed E-state index contributed by atoms with van der Waals surface area (Å²) >= 11 is 0. The van der Waals surface area contributed by atoms with E-state index in [1.807, 2.05) is 11.7 Å². The number of halogens is 1. The minimum Gasteiger partial charge on any atom is -0.357 e. The number of rotatable bonds is 6. The summed E-state index contributed by atoms with van der Waals surface area (Å²) in [5.41, 5.74) is 3.56. The van der Waals surface area contributed by atoms with Gasteiger partial charge in [-0.2, -0.15) is 5.10 Å². The van der Waals surface area contributed by atoms with Crippen molar-refractivity contribution < 1.29 is 0 Å². The Labute approximate surface area is 189 Å². The molecule has 0 aromatic carbocycles. The normalized spacial score (nSPS) is 21.4. The lowest BCUT2D eigenvalue weighted by atomic mass is 9.88. The molecule has 28 heavy (non-hydrogen) atoms. The lowest BCUT2D eigenvalue weighted by Crippen LogP contribution is -2.57. The van der Waals surface area contributed by atoms with E-state index in [2.05, 4.69) is 69.1 Å². The molecule has 1 aromatic heterocycles. The first-order valence-corrected chi connectivity index (χ1v) is 10.4. The number of guanidine groups is 1. The Morgan fingerprint density at radius 3 is 2.29 bits per heavy atom. The highest BCUT2D eigenvalue weighted by atomic mass is 127. The van der Waals surface area contributed by atoms with Crippen LogP contribution in [0.4, 0.5) is 0 Å². The number of hydrogen-bond donors (Lipinski definition) is 2. The van der Waals surface area contributed by atoms with Crippen molar-refractivity contribution in [1.82, 2.24) is 25.3 Å². The predicted molar refractivity (Wildman–Crippen MR) is 130 cm³/mol. The summed E-state index contributed by atoms with van der Waals surface area (Å²) in [5.74, 6) is 2.42. The number of likely N-dealkylation sites (tertiary alicyclic amines) is 1. The van der Waals surface area contributed by atoms with Crippen LogP contribution in [0.2, 0.25) is 0 Å². The van der Waals surface area contributed by atoms with Crippen LogP contribution < -0.4 is 10.6 Å². The molecule has 2 heterocycles. The molecule has 1 aromatic rings. The Morgan fingerprint density at radius 1 is 1.18 bits per heavy atom. The minimum absolute atomic E-state index is 0. The molecule has 2 atom stereocenters. The molecular weight excluding hydrogens is 463 g/mol. The first-order chi connectivity index (χ1) is 12.6. The molecule has 162 valence electrons. The monoisotopic (exact) mass is 504 g/mol. The van der Waals surface area contributed by atoms with Crippen molar-refractivity contribution in [1.29, 1.82) is 0 Å². The maximum Gasteiger partial charge on any atom is 0.191 e. The molecule has 1 fully saturated rings. The largest absolute Gasteiger partial charge is 0.357 e. The highest BCUT2D eigenvalue weighted by Crippen LogP contribution is 2.26. The maximum atomic E-state index is 4.82. The van der Waals surface area contributed by atoms with Crippen LogP contribution in [0.3, 0.4) is 0 Å². The minimum atomic E-state index is 0. The SMILES string of the molecule is CCNC(=NCc1c(C)nn(C)c1C)NCC(C)(C)N1CC(C)CC(C)C1.I. The van der Waals surface area contributed by atoms with Crippen molar-refractivity contribution in [2.45, 2.75) is 67.0 Å². The fourth-order valence-electron chi connectivity index (χ4n) is 4.12. The van der Waals surface area contributed by atoms with Gasteiger partial charge in [-0.3, -0.25) is 9.58 Å². The van der Waals surface area contributed by atoms with Gasteiger partial charge in [0, 0.05) is 50.0 Å². The number of aryl methyl sites for hydroxylation is 2. The van der Waals surface area contributed by atoms with E-state index in [0.29, 0.717) is 6.54 Å². The quantitative estimate of drug-likeness (QED) is 0.354. The molecule has 0 aliphatic carbocycles.